The molecule has 300 valence electrons. The summed E-state index contributed by atoms with van der Waals surface area (Å²) in [6, 6.07) is 14.8. The summed E-state index contributed by atoms with van der Waals surface area (Å²) in [6.45, 7) is 5.71. The smallest absolute Gasteiger partial charge is 0.326 e. The molecule has 0 aromatic heterocycles. The van der Waals surface area contributed by atoms with Crippen molar-refractivity contribution in [3.8, 4) is 11.8 Å². The Morgan fingerprint density at radius 1 is 0.691 bits per heavy atom. The predicted molar refractivity (Wildman–Crippen MR) is 206 cm³/mol. The first-order chi connectivity index (χ1) is 26.7. The summed E-state index contributed by atoms with van der Waals surface area (Å²) in [5, 5.41) is 14.6. The molecule has 2 aromatic rings. The summed E-state index contributed by atoms with van der Waals surface area (Å²) < 4.78 is 21.8. The highest BCUT2D eigenvalue weighted by Crippen LogP contribution is 2.26. The van der Waals surface area contributed by atoms with Crippen molar-refractivity contribution in [3.05, 3.63) is 65.2 Å². The summed E-state index contributed by atoms with van der Waals surface area (Å²) >= 11 is 0. The molecule has 14 nitrogen and oxygen atoms in total. The molecule has 3 N–H and O–H groups in total. The van der Waals surface area contributed by atoms with E-state index in [9.17, 15) is 24.0 Å². The van der Waals surface area contributed by atoms with Crippen LogP contribution >= 0.6 is 0 Å². The highest BCUT2D eigenvalue weighted by atomic mass is 16.6. The second-order valence-electron chi connectivity index (χ2n) is 13.0. The van der Waals surface area contributed by atoms with Crippen LogP contribution < -0.4 is 15.5 Å². The maximum atomic E-state index is 13.3. The van der Waals surface area contributed by atoms with E-state index in [0.717, 1.165) is 46.5 Å². The molecule has 0 saturated heterocycles. The second-order valence-corrected chi connectivity index (χ2v) is 13.0. The molecule has 0 fully saturated rings. The van der Waals surface area contributed by atoms with Gasteiger partial charge in [0.05, 0.1) is 65.1 Å². The van der Waals surface area contributed by atoms with Crippen LogP contribution in [-0.4, -0.2) is 119 Å². The van der Waals surface area contributed by atoms with Crippen LogP contribution in [0.15, 0.2) is 48.5 Å². The van der Waals surface area contributed by atoms with E-state index in [2.05, 4.69) is 22.5 Å². The number of likely N-dealkylation sites (N-methyl/N-ethyl adjacent to an activating group) is 1. The second kappa shape index (κ2) is 26.1. The molecular weight excluding hydrogens is 708 g/mol. The van der Waals surface area contributed by atoms with Gasteiger partial charge in [0, 0.05) is 56.9 Å². The molecule has 1 aliphatic heterocycles. The third-order valence-corrected chi connectivity index (χ3v) is 8.85. The van der Waals surface area contributed by atoms with Crippen molar-refractivity contribution in [1.29, 1.82) is 0 Å². The van der Waals surface area contributed by atoms with Crippen molar-refractivity contribution in [1.82, 2.24) is 15.5 Å². The van der Waals surface area contributed by atoms with Crippen LogP contribution in [0, 0.1) is 11.8 Å². The van der Waals surface area contributed by atoms with Gasteiger partial charge in [0.25, 0.3) is 0 Å². The minimum atomic E-state index is -1.08. The predicted octanol–water partition coefficient (Wildman–Crippen LogP) is 3.28. The Kier molecular flexibility index (Phi) is 21.1. The number of carbonyl (C=O) groups excluding carboxylic acids is 4. The molecule has 1 atom stereocenters. The highest BCUT2D eigenvalue weighted by molar-refractivity contribution is 5.95. The number of para-hydroxylation sites is 1. The fourth-order valence-electron chi connectivity index (χ4n) is 5.47. The molecule has 55 heavy (non-hydrogen) atoms. The highest BCUT2D eigenvalue weighted by Gasteiger charge is 2.22. The molecule has 0 saturated carbocycles. The van der Waals surface area contributed by atoms with E-state index in [1.165, 1.54) is 14.0 Å². The van der Waals surface area contributed by atoms with E-state index < -0.39 is 12.0 Å². The zero-order valence-corrected chi connectivity index (χ0v) is 32.1. The molecule has 0 spiro atoms. The number of amides is 4. The number of carboxylic acid groups (broad SMARTS) is 1. The van der Waals surface area contributed by atoms with Gasteiger partial charge in [0.2, 0.25) is 23.6 Å². The van der Waals surface area contributed by atoms with Crippen LogP contribution in [0.25, 0.3) is 0 Å². The van der Waals surface area contributed by atoms with Gasteiger partial charge in [0.15, 0.2) is 0 Å². The Labute approximate surface area is 324 Å². The number of unbranched alkanes of at least 4 members (excludes halogenated alkanes) is 2. The van der Waals surface area contributed by atoms with Gasteiger partial charge in [-0.05, 0) is 49.9 Å². The lowest BCUT2D eigenvalue weighted by molar-refractivity contribution is -0.148. The zero-order chi connectivity index (χ0) is 39.7. The van der Waals surface area contributed by atoms with Gasteiger partial charge in [-0.25, -0.2) is 4.79 Å². The van der Waals surface area contributed by atoms with E-state index in [0.29, 0.717) is 85.3 Å². The molecule has 4 amide bonds. The van der Waals surface area contributed by atoms with Crippen LogP contribution in [0.3, 0.4) is 0 Å². The number of carbonyl (C=O) groups is 5. The fourth-order valence-corrected chi connectivity index (χ4v) is 5.47. The molecule has 0 bridgehead atoms. The summed E-state index contributed by atoms with van der Waals surface area (Å²) in [7, 11) is 1.43. The first-order valence-electron chi connectivity index (χ1n) is 19.0. The van der Waals surface area contributed by atoms with Crippen molar-refractivity contribution in [3.63, 3.8) is 0 Å². The number of ether oxygens (including phenoxy) is 4. The number of hydrogen-bond acceptors (Lipinski definition) is 9. The molecule has 0 aliphatic carbocycles. The van der Waals surface area contributed by atoms with Crippen molar-refractivity contribution < 1.29 is 48.0 Å². The van der Waals surface area contributed by atoms with Crippen LogP contribution in [0.4, 0.5) is 5.69 Å². The minimum absolute atomic E-state index is 0.0633. The zero-order valence-electron chi connectivity index (χ0n) is 32.1. The molecule has 2 aromatic carbocycles. The van der Waals surface area contributed by atoms with Gasteiger partial charge >= 0.3 is 5.97 Å². The lowest BCUT2D eigenvalue weighted by atomic mass is 10.0. The Balaban J connectivity index is 1.08. The Morgan fingerprint density at radius 2 is 1.27 bits per heavy atom. The third kappa shape index (κ3) is 17.5. The topological polar surface area (TPSA) is 173 Å². The number of nitrogens with zero attached hydrogens (tertiary/aromatic N) is 2. The molecule has 1 heterocycles. The number of aliphatic carboxylic acids is 1. The SMILES string of the molecule is C[C@@H](C(=O)O)N(C)C(=O)CCCC(=O)NCCOCCOCCOCCOCCC(=O)NCCCCCC(=O)N1Cc2ccccc2C#Cc2ccccc21. The average Bonchev–Trinajstić information content (AvgIpc) is 3.17. The Morgan fingerprint density at radius 3 is 1.98 bits per heavy atom. The van der Waals surface area contributed by atoms with Crippen LogP contribution in [0.1, 0.15) is 75.0 Å². The standard InChI is InChI=1S/C41H56N4O10/c1-32(41(50)51)44(2)39(48)17-10-15-37(46)43-22-24-53-26-28-55-30-29-54-27-25-52-23-20-38(47)42-21-9-3-4-16-40(49)45-31-35-13-6-5-11-33(35)18-19-34-12-7-8-14-36(34)45/h5-8,11-14,32H,3-4,9-10,15-17,20-31H2,1-2H3,(H,42,47)(H,43,46)(H,50,51)/t32-/m0/s1. The fraction of sp³-hybridized carbons (Fsp3) is 0.537. The van der Waals surface area contributed by atoms with E-state index >= 15 is 0 Å². The van der Waals surface area contributed by atoms with Gasteiger partial charge in [-0.1, -0.05) is 48.6 Å². The molecule has 14 heteroatoms. The number of anilines is 1. The average molecular weight is 765 g/mol. The maximum Gasteiger partial charge on any atom is 0.326 e. The van der Waals surface area contributed by atoms with Crippen LogP contribution in [-0.2, 0) is 49.5 Å². The summed E-state index contributed by atoms with van der Waals surface area (Å²) in [6.07, 6.45) is 3.63. The molecule has 1 aliphatic rings. The van der Waals surface area contributed by atoms with E-state index in [1.54, 1.807) is 0 Å². The molecular formula is C41H56N4O10. The van der Waals surface area contributed by atoms with Crippen molar-refractivity contribution in [2.45, 2.75) is 70.9 Å². The normalized spacial score (nSPS) is 12.2. The minimum Gasteiger partial charge on any atom is -0.480 e. The van der Waals surface area contributed by atoms with Gasteiger partial charge in [-0.3, -0.25) is 19.2 Å². The van der Waals surface area contributed by atoms with Crippen molar-refractivity contribution in [2.24, 2.45) is 0 Å². The van der Waals surface area contributed by atoms with Gasteiger partial charge < -0.3 is 44.5 Å². The number of benzene rings is 2. The first kappa shape index (κ1) is 44.6. The van der Waals surface area contributed by atoms with Crippen molar-refractivity contribution >= 4 is 35.3 Å². The Bertz CT molecular complexity index is 1590. The number of carboxylic acids is 1. The number of rotatable bonds is 27. The lowest BCUT2D eigenvalue weighted by Crippen LogP contribution is -2.40. The number of nitrogens with one attached hydrogen (secondary N) is 2. The van der Waals surface area contributed by atoms with Gasteiger partial charge in [-0.15, -0.1) is 0 Å². The largest absolute Gasteiger partial charge is 0.480 e. The lowest BCUT2D eigenvalue weighted by Gasteiger charge is -2.26. The first-order valence-corrected chi connectivity index (χ1v) is 19.0. The van der Waals surface area contributed by atoms with Gasteiger partial charge in [-0.2, -0.15) is 0 Å². The Hall–Kier alpha value is -4.81. The third-order valence-electron chi connectivity index (χ3n) is 8.85. The van der Waals surface area contributed by atoms with Gasteiger partial charge in [0.1, 0.15) is 6.04 Å². The summed E-state index contributed by atoms with van der Waals surface area (Å²) in [5.74, 6) is 4.86. The molecule has 0 unspecified atom stereocenters. The summed E-state index contributed by atoms with van der Waals surface area (Å²) in [5.41, 5.74) is 3.65. The molecule has 3 rings (SSSR count). The number of fused-ring (bicyclic) bond motifs is 2. The quantitative estimate of drug-likeness (QED) is 0.0906. The summed E-state index contributed by atoms with van der Waals surface area (Å²) in [4.78, 5) is 63.3. The van der Waals surface area contributed by atoms with E-state index in [4.69, 9.17) is 24.1 Å². The monoisotopic (exact) mass is 764 g/mol. The van der Waals surface area contributed by atoms with E-state index in [1.807, 2.05) is 53.4 Å². The van der Waals surface area contributed by atoms with E-state index in [-0.39, 0.29) is 42.9 Å². The van der Waals surface area contributed by atoms with Crippen molar-refractivity contribution in [2.75, 3.05) is 77.9 Å². The molecule has 0 radical (unpaired) electrons. The van der Waals surface area contributed by atoms with Crippen LogP contribution in [0.5, 0.6) is 0 Å². The van der Waals surface area contributed by atoms with Crippen LogP contribution in [0.2, 0.25) is 0 Å². The number of hydrogen-bond donors (Lipinski definition) is 3. The maximum absolute atomic E-state index is 13.3.